The Hall–Kier alpha value is -2.53. The number of benzene rings is 2. The highest BCUT2D eigenvalue weighted by atomic mass is 16.5. The second-order valence-electron chi connectivity index (χ2n) is 6.15. The van der Waals surface area contributed by atoms with Crippen molar-refractivity contribution in [3.8, 4) is 5.75 Å². The van der Waals surface area contributed by atoms with Crippen molar-refractivity contribution in [2.45, 2.75) is 31.8 Å². The SMILES string of the molecule is O=C(NCc1ccccc1OCCO)NC1CCCc2ccccc21. The summed E-state index contributed by atoms with van der Waals surface area (Å²) in [7, 11) is 0. The van der Waals surface area contributed by atoms with Gasteiger partial charge in [0.25, 0.3) is 0 Å². The van der Waals surface area contributed by atoms with E-state index >= 15 is 0 Å². The minimum absolute atomic E-state index is 0.0384. The molecule has 1 atom stereocenters. The van der Waals surface area contributed by atoms with E-state index in [1.807, 2.05) is 36.4 Å². The molecule has 2 aromatic carbocycles. The first-order valence-corrected chi connectivity index (χ1v) is 8.71. The van der Waals surface area contributed by atoms with E-state index < -0.39 is 0 Å². The lowest BCUT2D eigenvalue weighted by Crippen LogP contribution is -2.38. The zero-order valence-electron chi connectivity index (χ0n) is 14.2. The third kappa shape index (κ3) is 4.51. The van der Waals surface area contributed by atoms with E-state index in [2.05, 4.69) is 22.8 Å². The summed E-state index contributed by atoms with van der Waals surface area (Å²) in [5.41, 5.74) is 3.42. The Kier molecular flexibility index (Phi) is 5.90. The predicted molar refractivity (Wildman–Crippen MR) is 96.5 cm³/mol. The number of amides is 2. The van der Waals surface area contributed by atoms with E-state index in [-0.39, 0.29) is 25.3 Å². The predicted octanol–water partition coefficient (Wildman–Crippen LogP) is 2.93. The Balaban J connectivity index is 1.58. The van der Waals surface area contributed by atoms with Crippen molar-refractivity contribution in [2.24, 2.45) is 0 Å². The fourth-order valence-electron chi connectivity index (χ4n) is 3.23. The highest BCUT2D eigenvalue weighted by molar-refractivity contribution is 5.74. The van der Waals surface area contributed by atoms with Gasteiger partial charge >= 0.3 is 6.03 Å². The first-order chi connectivity index (χ1) is 12.3. The van der Waals surface area contributed by atoms with Crippen LogP contribution in [0.15, 0.2) is 48.5 Å². The molecular formula is C20H24N2O3. The number of rotatable bonds is 6. The van der Waals surface area contributed by atoms with Crippen LogP contribution in [-0.2, 0) is 13.0 Å². The number of aliphatic hydroxyl groups excluding tert-OH is 1. The molecule has 0 saturated carbocycles. The molecule has 0 spiro atoms. The molecule has 1 aliphatic carbocycles. The lowest BCUT2D eigenvalue weighted by Gasteiger charge is -2.26. The number of para-hydroxylation sites is 1. The third-order valence-corrected chi connectivity index (χ3v) is 4.44. The maximum absolute atomic E-state index is 12.3. The minimum Gasteiger partial charge on any atom is -0.491 e. The van der Waals surface area contributed by atoms with Crippen molar-refractivity contribution in [1.29, 1.82) is 0 Å². The summed E-state index contributed by atoms with van der Waals surface area (Å²) in [5.74, 6) is 0.680. The van der Waals surface area contributed by atoms with Crippen molar-refractivity contribution < 1.29 is 14.6 Å². The molecule has 0 saturated heterocycles. The molecule has 0 aliphatic heterocycles. The van der Waals surface area contributed by atoms with Crippen molar-refractivity contribution >= 4 is 6.03 Å². The molecule has 3 N–H and O–H groups in total. The minimum atomic E-state index is -0.182. The van der Waals surface area contributed by atoms with Gasteiger partial charge in [-0.3, -0.25) is 0 Å². The van der Waals surface area contributed by atoms with Crippen molar-refractivity contribution in [1.82, 2.24) is 10.6 Å². The summed E-state index contributed by atoms with van der Waals surface area (Å²) >= 11 is 0. The van der Waals surface area contributed by atoms with Gasteiger partial charge < -0.3 is 20.5 Å². The summed E-state index contributed by atoms with van der Waals surface area (Å²) in [4.78, 5) is 12.3. The number of hydrogen-bond donors (Lipinski definition) is 3. The fraction of sp³-hybridized carbons (Fsp3) is 0.350. The molecule has 0 heterocycles. The van der Waals surface area contributed by atoms with E-state index in [1.165, 1.54) is 11.1 Å². The van der Waals surface area contributed by atoms with E-state index in [4.69, 9.17) is 9.84 Å². The molecule has 5 heteroatoms. The standard InChI is InChI=1S/C20H24N2O3/c23-12-13-25-19-11-4-2-7-16(19)14-21-20(24)22-18-10-5-8-15-6-1-3-9-17(15)18/h1-4,6-7,9,11,18,23H,5,8,10,12-14H2,(H2,21,22,24). The number of carbonyl (C=O) groups excluding carboxylic acids is 1. The molecule has 1 aliphatic rings. The molecule has 5 nitrogen and oxygen atoms in total. The van der Waals surface area contributed by atoms with Gasteiger partial charge in [0.2, 0.25) is 0 Å². The number of hydrogen-bond acceptors (Lipinski definition) is 3. The van der Waals surface area contributed by atoms with Gasteiger partial charge in [0.05, 0.1) is 12.6 Å². The molecule has 1 unspecified atom stereocenters. The summed E-state index contributed by atoms with van der Waals surface area (Å²) in [6.45, 7) is 0.577. The van der Waals surface area contributed by atoms with Crippen LogP contribution >= 0.6 is 0 Å². The van der Waals surface area contributed by atoms with Crippen LogP contribution in [0.3, 0.4) is 0 Å². The zero-order valence-corrected chi connectivity index (χ0v) is 14.2. The second kappa shape index (κ2) is 8.53. The Labute approximate surface area is 148 Å². The Morgan fingerprint density at radius 3 is 2.84 bits per heavy atom. The first kappa shape index (κ1) is 17.3. The van der Waals surface area contributed by atoms with Crippen LogP contribution in [0.25, 0.3) is 0 Å². The summed E-state index contributed by atoms with van der Waals surface area (Å²) in [6, 6.07) is 15.7. The average Bonchev–Trinajstić information content (AvgIpc) is 2.65. The quantitative estimate of drug-likeness (QED) is 0.757. The van der Waals surface area contributed by atoms with E-state index in [0.29, 0.717) is 12.3 Å². The largest absolute Gasteiger partial charge is 0.491 e. The van der Waals surface area contributed by atoms with Gasteiger partial charge in [0.1, 0.15) is 12.4 Å². The zero-order chi connectivity index (χ0) is 17.5. The summed E-state index contributed by atoms with van der Waals surface area (Å²) in [6.07, 6.45) is 3.12. The molecule has 0 aromatic heterocycles. The highest BCUT2D eigenvalue weighted by Crippen LogP contribution is 2.29. The van der Waals surface area contributed by atoms with Crippen LogP contribution < -0.4 is 15.4 Å². The van der Waals surface area contributed by atoms with Gasteiger partial charge in [0.15, 0.2) is 0 Å². The molecule has 2 amide bonds. The number of aryl methyl sites for hydroxylation is 1. The Bertz CT molecular complexity index is 718. The number of urea groups is 1. The summed E-state index contributed by atoms with van der Waals surface area (Å²) < 4.78 is 5.49. The Morgan fingerprint density at radius 1 is 1.16 bits per heavy atom. The normalized spacial score (nSPS) is 16.0. The molecule has 25 heavy (non-hydrogen) atoms. The smallest absolute Gasteiger partial charge is 0.315 e. The number of nitrogens with one attached hydrogen (secondary N) is 2. The lowest BCUT2D eigenvalue weighted by molar-refractivity contribution is 0.200. The van der Waals surface area contributed by atoms with Crippen LogP contribution in [0.5, 0.6) is 5.75 Å². The molecule has 0 fully saturated rings. The number of carbonyl (C=O) groups is 1. The van der Waals surface area contributed by atoms with Crippen LogP contribution in [0, 0.1) is 0 Å². The maximum atomic E-state index is 12.3. The molecule has 3 rings (SSSR count). The van der Waals surface area contributed by atoms with Crippen molar-refractivity contribution in [3.63, 3.8) is 0 Å². The van der Waals surface area contributed by atoms with Gasteiger partial charge in [-0.2, -0.15) is 0 Å². The Morgan fingerprint density at radius 2 is 1.96 bits per heavy atom. The van der Waals surface area contributed by atoms with E-state index in [9.17, 15) is 4.79 Å². The molecule has 0 radical (unpaired) electrons. The van der Waals surface area contributed by atoms with Crippen LogP contribution in [0.1, 0.15) is 35.6 Å². The lowest BCUT2D eigenvalue weighted by atomic mass is 9.88. The van der Waals surface area contributed by atoms with Gasteiger partial charge in [0, 0.05) is 12.1 Å². The van der Waals surface area contributed by atoms with E-state index in [0.717, 1.165) is 24.8 Å². The van der Waals surface area contributed by atoms with E-state index in [1.54, 1.807) is 0 Å². The van der Waals surface area contributed by atoms with Gasteiger partial charge in [-0.1, -0.05) is 42.5 Å². The monoisotopic (exact) mass is 340 g/mol. The van der Waals surface area contributed by atoms with Gasteiger partial charge in [-0.25, -0.2) is 4.79 Å². The van der Waals surface area contributed by atoms with Crippen LogP contribution in [0.4, 0.5) is 4.79 Å². The number of ether oxygens (including phenoxy) is 1. The molecule has 132 valence electrons. The molecule has 0 bridgehead atoms. The van der Waals surface area contributed by atoms with Gasteiger partial charge in [-0.05, 0) is 36.5 Å². The molecule has 2 aromatic rings. The maximum Gasteiger partial charge on any atom is 0.315 e. The highest BCUT2D eigenvalue weighted by Gasteiger charge is 2.21. The van der Waals surface area contributed by atoms with Crippen molar-refractivity contribution in [3.05, 3.63) is 65.2 Å². The number of aliphatic hydroxyl groups is 1. The average molecular weight is 340 g/mol. The van der Waals surface area contributed by atoms with Crippen LogP contribution in [0.2, 0.25) is 0 Å². The fourth-order valence-corrected chi connectivity index (χ4v) is 3.23. The summed E-state index contributed by atoms with van der Waals surface area (Å²) in [5, 5.41) is 14.9. The second-order valence-corrected chi connectivity index (χ2v) is 6.15. The molecular weight excluding hydrogens is 316 g/mol. The van der Waals surface area contributed by atoms with Crippen molar-refractivity contribution in [2.75, 3.05) is 13.2 Å². The first-order valence-electron chi connectivity index (χ1n) is 8.71. The van der Waals surface area contributed by atoms with Crippen LogP contribution in [-0.4, -0.2) is 24.4 Å². The third-order valence-electron chi connectivity index (χ3n) is 4.44. The topological polar surface area (TPSA) is 70.6 Å². The van der Waals surface area contributed by atoms with Gasteiger partial charge in [-0.15, -0.1) is 0 Å². The number of fused-ring (bicyclic) bond motifs is 1.